The predicted octanol–water partition coefficient (Wildman–Crippen LogP) is 2.80. The number of hydrogen-bond donors (Lipinski definition) is 0. The number of benzene rings is 2. The molecule has 0 saturated carbocycles. The van der Waals surface area contributed by atoms with Gasteiger partial charge in [0.1, 0.15) is 4.90 Å². The van der Waals surface area contributed by atoms with Crippen molar-refractivity contribution in [2.75, 3.05) is 26.2 Å². The molecule has 0 bridgehead atoms. The molecule has 0 amide bonds. The highest BCUT2D eigenvalue weighted by atomic mass is 79.9. The first kappa shape index (κ1) is 19.8. The number of piperazine rings is 1. The van der Waals surface area contributed by atoms with E-state index in [-0.39, 0.29) is 41.0 Å². The number of rotatable bonds is 4. The summed E-state index contributed by atoms with van der Waals surface area (Å²) in [7, 11) is -7.43. The van der Waals surface area contributed by atoms with E-state index in [0.717, 1.165) is 0 Å². The van der Waals surface area contributed by atoms with Gasteiger partial charge in [0.25, 0.3) is 0 Å². The van der Waals surface area contributed by atoms with Crippen molar-refractivity contribution >= 4 is 47.6 Å². The molecule has 0 atom stereocenters. The van der Waals surface area contributed by atoms with Crippen LogP contribution in [-0.2, 0) is 20.0 Å². The zero-order valence-electron chi connectivity index (χ0n) is 13.5. The van der Waals surface area contributed by atoms with Crippen molar-refractivity contribution < 1.29 is 16.8 Å². The molecule has 2 aromatic rings. The van der Waals surface area contributed by atoms with E-state index in [1.54, 1.807) is 24.3 Å². The van der Waals surface area contributed by atoms with E-state index in [1.165, 1.54) is 32.9 Å². The lowest BCUT2D eigenvalue weighted by atomic mass is 10.4. The smallest absolute Gasteiger partial charge is 0.207 e. The molecule has 3 rings (SSSR count). The van der Waals surface area contributed by atoms with Crippen LogP contribution in [0.3, 0.4) is 0 Å². The summed E-state index contributed by atoms with van der Waals surface area (Å²) in [6.45, 7) is 0.304. The lowest BCUT2D eigenvalue weighted by Gasteiger charge is -2.33. The standard InChI is InChI=1S/C16H16BrClN2O4S2/c17-13-4-3-5-14(12-13)25(21,22)19-8-10-20(11-9-19)26(23,24)16-7-2-1-6-15(16)18/h1-7,12H,8-11H2. The van der Waals surface area contributed by atoms with E-state index in [0.29, 0.717) is 4.47 Å². The number of halogens is 2. The molecule has 2 aromatic carbocycles. The monoisotopic (exact) mass is 478 g/mol. The molecule has 1 saturated heterocycles. The van der Waals surface area contributed by atoms with Crippen molar-refractivity contribution in [3.8, 4) is 0 Å². The molecule has 1 aliphatic heterocycles. The fourth-order valence-corrected chi connectivity index (χ4v) is 6.65. The van der Waals surface area contributed by atoms with Gasteiger partial charge in [-0.05, 0) is 30.3 Å². The van der Waals surface area contributed by atoms with E-state index < -0.39 is 20.0 Å². The van der Waals surface area contributed by atoms with Crippen LogP contribution in [0.25, 0.3) is 0 Å². The van der Waals surface area contributed by atoms with Gasteiger partial charge in [-0.3, -0.25) is 0 Å². The molecule has 6 nitrogen and oxygen atoms in total. The van der Waals surface area contributed by atoms with Gasteiger partial charge in [0.2, 0.25) is 20.0 Å². The van der Waals surface area contributed by atoms with E-state index in [9.17, 15) is 16.8 Å². The summed E-state index contributed by atoms with van der Waals surface area (Å²) in [5, 5.41) is 0.150. The summed E-state index contributed by atoms with van der Waals surface area (Å²) in [4.78, 5) is 0.208. The second-order valence-corrected chi connectivity index (χ2v) is 10.9. The van der Waals surface area contributed by atoms with Gasteiger partial charge in [0.05, 0.1) is 9.92 Å². The number of sulfonamides is 2. The van der Waals surface area contributed by atoms with Gasteiger partial charge in [-0.15, -0.1) is 0 Å². The van der Waals surface area contributed by atoms with Gasteiger partial charge in [0, 0.05) is 30.7 Å². The average molecular weight is 480 g/mol. The first-order valence-corrected chi connectivity index (χ1v) is 11.8. The van der Waals surface area contributed by atoms with Crippen LogP contribution in [0.2, 0.25) is 5.02 Å². The Morgan fingerprint density at radius 2 is 1.38 bits per heavy atom. The lowest BCUT2D eigenvalue weighted by molar-refractivity contribution is 0.273. The second kappa shape index (κ2) is 7.57. The van der Waals surface area contributed by atoms with E-state index in [1.807, 2.05) is 0 Å². The van der Waals surface area contributed by atoms with E-state index in [2.05, 4.69) is 15.9 Å². The normalized spacial score (nSPS) is 17.3. The van der Waals surface area contributed by atoms with Crippen LogP contribution in [0, 0.1) is 0 Å². The van der Waals surface area contributed by atoms with Crippen LogP contribution in [-0.4, -0.2) is 51.6 Å². The number of hydrogen-bond acceptors (Lipinski definition) is 4. The van der Waals surface area contributed by atoms with Crippen molar-refractivity contribution in [2.45, 2.75) is 9.79 Å². The molecule has 140 valence electrons. The summed E-state index contributed by atoms with van der Waals surface area (Å²) in [6, 6.07) is 12.7. The van der Waals surface area contributed by atoms with E-state index in [4.69, 9.17) is 11.6 Å². The molecule has 0 unspecified atom stereocenters. The van der Waals surface area contributed by atoms with Gasteiger partial charge in [-0.25, -0.2) is 16.8 Å². The fraction of sp³-hybridized carbons (Fsp3) is 0.250. The molecule has 10 heteroatoms. The molecule has 1 aliphatic rings. The zero-order valence-corrected chi connectivity index (χ0v) is 17.5. The quantitative estimate of drug-likeness (QED) is 0.676. The van der Waals surface area contributed by atoms with Crippen molar-refractivity contribution in [3.63, 3.8) is 0 Å². The molecule has 0 spiro atoms. The SMILES string of the molecule is O=S(=O)(c1cccc(Br)c1)N1CCN(S(=O)(=O)c2ccccc2Cl)CC1. The maximum Gasteiger partial charge on any atom is 0.244 e. The lowest BCUT2D eigenvalue weighted by Crippen LogP contribution is -2.50. The first-order chi connectivity index (χ1) is 12.2. The Labute approximate surface area is 166 Å². The maximum atomic E-state index is 12.7. The summed E-state index contributed by atoms with van der Waals surface area (Å²) >= 11 is 9.27. The summed E-state index contributed by atoms with van der Waals surface area (Å²) in [5.41, 5.74) is 0. The van der Waals surface area contributed by atoms with Crippen molar-refractivity contribution in [2.24, 2.45) is 0 Å². The third-order valence-electron chi connectivity index (χ3n) is 4.09. The van der Waals surface area contributed by atoms with Gasteiger partial charge < -0.3 is 0 Å². The van der Waals surface area contributed by atoms with Gasteiger partial charge >= 0.3 is 0 Å². The van der Waals surface area contributed by atoms with Crippen LogP contribution in [0.1, 0.15) is 0 Å². The largest absolute Gasteiger partial charge is 0.244 e. The molecular formula is C16H16BrClN2O4S2. The Morgan fingerprint density at radius 3 is 1.96 bits per heavy atom. The highest BCUT2D eigenvalue weighted by molar-refractivity contribution is 9.10. The number of nitrogens with zero attached hydrogens (tertiary/aromatic N) is 2. The highest BCUT2D eigenvalue weighted by Crippen LogP contribution is 2.26. The van der Waals surface area contributed by atoms with Crippen LogP contribution in [0.5, 0.6) is 0 Å². The molecule has 1 fully saturated rings. The molecule has 26 heavy (non-hydrogen) atoms. The third kappa shape index (κ3) is 3.83. The zero-order chi connectivity index (χ0) is 18.9. The molecule has 0 aliphatic carbocycles. The summed E-state index contributed by atoms with van der Waals surface area (Å²) in [5.74, 6) is 0. The van der Waals surface area contributed by atoms with Crippen molar-refractivity contribution in [3.05, 3.63) is 58.0 Å². The Morgan fingerprint density at radius 1 is 0.808 bits per heavy atom. The highest BCUT2D eigenvalue weighted by Gasteiger charge is 2.34. The molecule has 1 heterocycles. The third-order valence-corrected chi connectivity index (χ3v) is 8.87. The first-order valence-electron chi connectivity index (χ1n) is 7.73. The summed E-state index contributed by atoms with van der Waals surface area (Å²) < 4.78 is 54.2. The topological polar surface area (TPSA) is 74.8 Å². The minimum atomic E-state index is -3.76. The van der Waals surface area contributed by atoms with Crippen molar-refractivity contribution in [1.29, 1.82) is 0 Å². The fourth-order valence-electron chi connectivity index (χ4n) is 2.72. The van der Waals surface area contributed by atoms with Gasteiger partial charge in [0.15, 0.2) is 0 Å². The van der Waals surface area contributed by atoms with Crippen LogP contribution >= 0.6 is 27.5 Å². The van der Waals surface area contributed by atoms with Gasteiger partial charge in [-0.1, -0.05) is 45.7 Å². The Hall–Kier alpha value is -0.970. The van der Waals surface area contributed by atoms with E-state index >= 15 is 0 Å². The van der Waals surface area contributed by atoms with Crippen LogP contribution in [0.4, 0.5) is 0 Å². The van der Waals surface area contributed by atoms with Crippen LogP contribution < -0.4 is 0 Å². The molecular weight excluding hydrogens is 464 g/mol. The molecule has 0 aromatic heterocycles. The Balaban J connectivity index is 1.78. The predicted molar refractivity (Wildman–Crippen MR) is 103 cm³/mol. The molecule has 0 N–H and O–H groups in total. The molecule has 0 radical (unpaired) electrons. The Kier molecular flexibility index (Phi) is 5.76. The van der Waals surface area contributed by atoms with Gasteiger partial charge in [-0.2, -0.15) is 8.61 Å². The average Bonchev–Trinajstić information content (AvgIpc) is 2.62. The second-order valence-electron chi connectivity index (χ2n) is 5.70. The van der Waals surface area contributed by atoms with Crippen molar-refractivity contribution in [1.82, 2.24) is 8.61 Å². The van der Waals surface area contributed by atoms with Crippen LogP contribution in [0.15, 0.2) is 62.8 Å². The minimum Gasteiger partial charge on any atom is -0.207 e. The maximum absolute atomic E-state index is 12.7. The Bertz CT molecular complexity index is 1020. The summed E-state index contributed by atoms with van der Waals surface area (Å²) in [6.07, 6.45) is 0. The minimum absolute atomic E-state index is 0.0324.